The molecule has 1 aliphatic rings. The van der Waals surface area contributed by atoms with Gasteiger partial charge in [-0.15, -0.1) is 11.3 Å². The Hall–Kier alpha value is -2.99. The molecule has 1 aromatic heterocycles. The first-order chi connectivity index (χ1) is 13.2. The minimum Gasteiger partial charge on any atom is -0.355 e. The smallest absolute Gasteiger partial charge is 0.229 e. The van der Waals surface area contributed by atoms with Gasteiger partial charge in [-0.05, 0) is 18.6 Å². The van der Waals surface area contributed by atoms with Crippen molar-refractivity contribution in [1.82, 2.24) is 10.3 Å². The Morgan fingerprint density at radius 1 is 1.11 bits per heavy atom. The fourth-order valence-electron chi connectivity index (χ4n) is 3.08. The first-order valence-electron chi connectivity index (χ1n) is 8.88. The fraction of sp³-hybridized carbons (Fsp3) is 0.190. The van der Waals surface area contributed by atoms with E-state index in [0.717, 1.165) is 27.5 Å². The molecule has 2 heterocycles. The average molecular weight is 377 g/mol. The van der Waals surface area contributed by atoms with Crippen LogP contribution in [0.1, 0.15) is 12.8 Å². The number of rotatable bonds is 4. The van der Waals surface area contributed by atoms with Gasteiger partial charge in [0.15, 0.2) is 0 Å². The minimum absolute atomic E-state index is 0.0128. The van der Waals surface area contributed by atoms with E-state index < -0.39 is 0 Å². The zero-order chi connectivity index (χ0) is 18.6. The highest BCUT2D eigenvalue weighted by Crippen LogP contribution is 2.30. The topological polar surface area (TPSA) is 71.1 Å². The molecule has 5 nitrogen and oxygen atoms in total. The van der Waals surface area contributed by atoms with Crippen LogP contribution in [-0.2, 0) is 9.59 Å². The first-order valence-corrected chi connectivity index (χ1v) is 9.76. The molecular formula is C21H19N3O2S. The number of nitrogens with one attached hydrogen (secondary N) is 2. The van der Waals surface area contributed by atoms with E-state index in [4.69, 9.17) is 4.98 Å². The molecule has 0 bridgehead atoms. The third kappa shape index (κ3) is 4.06. The van der Waals surface area contributed by atoms with Crippen LogP contribution in [0.4, 0.5) is 5.69 Å². The van der Waals surface area contributed by atoms with Crippen molar-refractivity contribution >= 4 is 28.8 Å². The summed E-state index contributed by atoms with van der Waals surface area (Å²) in [5.41, 5.74) is 3.68. The van der Waals surface area contributed by atoms with Crippen LogP contribution >= 0.6 is 11.3 Å². The predicted molar refractivity (Wildman–Crippen MR) is 107 cm³/mol. The monoisotopic (exact) mass is 377 g/mol. The van der Waals surface area contributed by atoms with E-state index in [1.165, 1.54) is 0 Å². The molecule has 2 amide bonds. The number of carbonyl (C=O) groups excluding carboxylic acids is 2. The van der Waals surface area contributed by atoms with Crippen molar-refractivity contribution in [2.24, 2.45) is 5.92 Å². The third-order valence-corrected chi connectivity index (χ3v) is 5.48. The maximum absolute atomic E-state index is 12.4. The van der Waals surface area contributed by atoms with E-state index in [1.54, 1.807) is 11.3 Å². The van der Waals surface area contributed by atoms with Gasteiger partial charge >= 0.3 is 0 Å². The summed E-state index contributed by atoms with van der Waals surface area (Å²) in [7, 11) is 0. The van der Waals surface area contributed by atoms with Crippen LogP contribution in [0.15, 0.2) is 60.0 Å². The molecule has 0 aliphatic carbocycles. The van der Waals surface area contributed by atoms with Crippen LogP contribution in [0.3, 0.4) is 0 Å². The van der Waals surface area contributed by atoms with Crippen LogP contribution < -0.4 is 10.6 Å². The van der Waals surface area contributed by atoms with Gasteiger partial charge in [0.25, 0.3) is 0 Å². The Balaban J connectivity index is 1.49. The molecule has 1 saturated heterocycles. The highest BCUT2D eigenvalue weighted by Gasteiger charge is 2.24. The number of benzene rings is 2. The first kappa shape index (κ1) is 17.4. The summed E-state index contributed by atoms with van der Waals surface area (Å²) >= 11 is 1.60. The maximum Gasteiger partial charge on any atom is 0.229 e. The molecule has 1 fully saturated rings. The largest absolute Gasteiger partial charge is 0.355 e. The Morgan fingerprint density at radius 2 is 1.93 bits per heavy atom. The lowest BCUT2D eigenvalue weighted by Crippen LogP contribution is -2.40. The summed E-state index contributed by atoms with van der Waals surface area (Å²) in [6.07, 6.45) is 0.989. The van der Waals surface area contributed by atoms with Crippen LogP contribution in [0.2, 0.25) is 0 Å². The number of carbonyl (C=O) groups is 2. The van der Waals surface area contributed by atoms with Gasteiger partial charge in [0, 0.05) is 35.2 Å². The minimum atomic E-state index is -0.185. The average Bonchev–Trinajstić information content (AvgIpc) is 3.20. The summed E-state index contributed by atoms with van der Waals surface area (Å²) in [5.74, 6) is -0.232. The molecule has 0 radical (unpaired) electrons. The molecule has 2 N–H and O–H groups in total. The van der Waals surface area contributed by atoms with Gasteiger partial charge in [0.05, 0.1) is 11.6 Å². The van der Waals surface area contributed by atoms with Gasteiger partial charge in [0.1, 0.15) is 5.01 Å². The Kier molecular flexibility index (Phi) is 4.98. The molecule has 6 heteroatoms. The second-order valence-electron chi connectivity index (χ2n) is 6.51. The van der Waals surface area contributed by atoms with E-state index in [0.29, 0.717) is 19.4 Å². The highest BCUT2D eigenvalue weighted by molar-refractivity contribution is 7.13. The fourth-order valence-corrected chi connectivity index (χ4v) is 3.91. The summed E-state index contributed by atoms with van der Waals surface area (Å²) in [4.78, 5) is 28.4. The quantitative estimate of drug-likeness (QED) is 0.723. The van der Waals surface area contributed by atoms with Crippen molar-refractivity contribution in [2.45, 2.75) is 12.8 Å². The number of hydrogen-bond donors (Lipinski definition) is 2. The zero-order valence-electron chi connectivity index (χ0n) is 14.6. The Labute approximate surface area is 161 Å². The Morgan fingerprint density at radius 3 is 2.70 bits per heavy atom. The number of hydrogen-bond acceptors (Lipinski definition) is 4. The summed E-state index contributed by atoms with van der Waals surface area (Å²) in [6.45, 7) is 0.400. The van der Waals surface area contributed by atoms with Crippen LogP contribution in [0.5, 0.6) is 0 Å². The number of thiazole rings is 1. The second-order valence-corrected chi connectivity index (χ2v) is 7.37. The van der Waals surface area contributed by atoms with Gasteiger partial charge in [-0.25, -0.2) is 4.98 Å². The lowest BCUT2D eigenvalue weighted by Gasteiger charge is -2.21. The molecule has 1 unspecified atom stereocenters. The summed E-state index contributed by atoms with van der Waals surface area (Å²) in [6, 6.07) is 17.8. The number of nitrogens with zero attached hydrogens (tertiary/aromatic N) is 1. The van der Waals surface area contributed by atoms with E-state index in [2.05, 4.69) is 10.6 Å². The van der Waals surface area contributed by atoms with Crippen molar-refractivity contribution in [2.75, 3.05) is 11.9 Å². The molecule has 0 saturated carbocycles. The molecule has 3 aromatic rings. The number of amides is 2. The molecule has 1 aliphatic heterocycles. The lowest BCUT2D eigenvalue weighted by molar-refractivity contribution is -0.126. The van der Waals surface area contributed by atoms with Crippen LogP contribution in [0.25, 0.3) is 21.8 Å². The van der Waals surface area contributed by atoms with E-state index >= 15 is 0 Å². The van der Waals surface area contributed by atoms with E-state index in [-0.39, 0.29) is 17.7 Å². The maximum atomic E-state index is 12.4. The normalized spacial score (nSPS) is 16.6. The summed E-state index contributed by atoms with van der Waals surface area (Å²) in [5, 5.41) is 8.70. The Bertz CT molecular complexity index is 958. The van der Waals surface area contributed by atoms with Crippen molar-refractivity contribution in [3.8, 4) is 21.8 Å². The second kappa shape index (κ2) is 7.72. The molecule has 136 valence electrons. The zero-order valence-corrected chi connectivity index (χ0v) is 15.5. The molecule has 1 atom stereocenters. The molecule has 2 aromatic carbocycles. The number of anilines is 1. The number of aromatic nitrogens is 1. The van der Waals surface area contributed by atoms with Crippen molar-refractivity contribution in [3.05, 3.63) is 60.0 Å². The van der Waals surface area contributed by atoms with Crippen LogP contribution in [0, 0.1) is 5.92 Å². The van der Waals surface area contributed by atoms with Gasteiger partial charge < -0.3 is 10.6 Å². The lowest BCUT2D eigenvalue weighted by atomic mass is 9.98. The van der Waals surface area contributed by atoms with Crippen LogP contribution in [-0.4, -0.2) is 23.3 Å². The molecule has 4 rings (SSSR count). The van der Waals surface area contributed by atoms with Crippen molar-refractivity contribution < 1.29 is 9.59 Å². The molecule has 27 heavy (non-hydrogen) atoms. The third-order valence-electron chi connectivity index (χ3n) is 4.59. The van der Waals surface area contributed by atoms with Gasteiger partial charge in [-0.3, -0.25) is 9.59 Å². The van der Waals surface area contributed by atoms with Gasteiger partial charge in [0.2, 0.25) is 11.8 Å². The molecule has 0 spiro atoms. The predicted octanol–water partition coefficient (Wildman–Crippen LogP) is 3.94. The highest BCUT2D eigenvalue weighted by atomic mass is 32.1. The van der Waals surface area contributed by atoms with Gasteiger partial charge in [-0.2, -0.15) is 0 Å². The summed E-state index contributed by atoms with van der Waals surface area (Å²) < 4.78 is 0. The standard InChI is InChI=1S/C21H19N3O2S/c25-19-10-9-16(12-22-19)20(26)23-17-8-4-7-15(11-17)18-13-27-21(24-18)14-5-2-1-3-6-14/h1-8,11,13,16H,9-10,12H2,(H,22,25)(H,23,26). The van der Waals surface area contributed by atoms with Crippen molar-refractivity contribution in [1.29, 1.82) is 0 Å². The van der Waals surface area contributed by atoms with Crippen molar-refractivity contribution in [3.63, 3.8) is 0 Å². The number of piperidine rings is 1. The van der Waals surface area contributed by atoms with E-state index in [1.807, 2.05) is 60.0 Å². The molecular weight excluding hydrogens is 358 g/mol. The van der Waals surface area contributed by atoms with Gasteiger partial charge in [-0.1, -0.05) is 42.5 Å². The SMILES string of the molecule is O=C1CCC(C(=O)Nc2cccc(-c3csc(-c4ccccc4)n3)c2)CN1. The van der Waals surface area contributed by atoms with E-state index in [9.17, 15) is 9.59 Å².